The highest BCUT2D eigenvalue weighted by molar-refractivity contribution is 9.10. The molecule has 0 aromatic heterocycles. The van der Waals surface area contributed by atoms with Crippen LogP contribution in [-0.2, 0) is 9.84 Å². The monoisotopic (exact) mass is 306 g/mol. The van der Waals surface area contributed by atoms with Crippen LogP contribution in [0.25, 0.3) is 0 Å². The van der Waals surface area contributed by atoms with E-state index in [0.717, 1.165) is 21.9 Å². The van der Waals surface area contributed by atoms with Gasteiger partial charge in [-0.25, -0.2) is 8.42 Å². The number of hydrogen-bond donors (Lipinski definition) is 1. The molecule has 0 saturated heterocycles. The van der Waals surface area contributed by atoms with Gasteiger partial charge in [0.05, 0.1) is 11.9 Å². The Hall–Kier alpha value is -0.390. The van der Waals surface area contributed by atoms with E-state index in [9.17, 15) is 13.5 Å². The molecule has 90 valence electrons. The molecule has 5 heteroatoms. The van der Waals surface area contributed by atoms with Crippen molar-refractivity contribution in [1.82, 2.24) is 0 Å². The lowest BCUT2D eigenvalue weighted by atomic mass is 10.0. The van der Waals surface area contributed by atoms with Crippen LogP contribution in [0.15, 0.2) is 16.6 Å². The van der Waals surface area contributed by atoms with E-state index in [1.54, 1.807) is 0 Å². The summed E-state index contributed by atoms with van der Waals surface area (Å²) >= 11 is 3.39. The second kappa shape index (κ2) is 4.85. The Morgan fingerprint density at radius 2 is 1.88 bits per heavy atom. The van der Waals surface area contributed by atoms with Crippen LogP contribution in [0.5, 0.6) is 0 Å². The number of rotatable bonds is 3. The lowest BCUT2D eigenvalue weighted by molar-refractivity contribution is 0.201. The van der Waals surface area contributed by atoms with Crippen LogP contribution in [0.1, 0.15) is 22.8 Å². The van der Waals surface area contributed by atoms with Crippen LogP contribution in [0.3, 0.4) is 0 Å². The third-order valence-corrected chi connectivity index (χ3v) is 4.14. The van der Waals surface area contributed by atoms with Crippen molar-refractivity contribution in [3.8, 4) is 0 Å². The van der Waals surface area contributed by atoms with Gasteiger partial charge in [0.1, 0.15) is 9.84 Å². The number of aliphatic hydroxyl groups is 1. The molecule has 1 N–H and O–H groups in total. The summed E-state index contributed by atoms with van der Waals surface area (Å²) in [6, 6.07) is 3.70. The van der Waals surface area contributed by atoms with E-state index in [4.69, 9.17) is 0 Å². The van der Waals surface area contributed by atoms with Crippen molar-refractivity contribution in [3.05, 3.63) is 33.3 Å². The average Bonchev–Trinajstić information content (AvgIpc) is 2.08. The molecule has 0 amide bonds. The minimum absolute atomic E-state index is 0.241. The van der Waals surface area contributed by atoms with Crippen LogP contribution in [0.2, 0.25) is 0 Å². The third-order valence-electron chi connectivity index (χ3n) is 2.37. The summed E-state index contributed by atoms with van der Waals surface area (Å²) in [6.45, 7) is 3.76. The first-order valence-corrected chi connectivity index (χ1v) is 7.68. The quantitative estimate of drug-likeness (QED) is 0.931. The molecule has 1 atom stereocenters. The van der Waals surface area contributed by atoms with Gasteiger partial charge in [0.15, 0.2) is 0 Å². The maximum Gasteiger partial charge on any atom is 0.150 e. The largest absolute Gasteiger partial charge is 0.387 e. The van der Waals surface area contributed by atoms with Crippen LogP contribution >= 0.6 is 15.9 Å². The average molecular weight is 307 g/mol. The van der Waals surface area contributed by atoms with Crippen LogP contribution in [0.4, 0.5) is 0 Å². The molecule has 1 unspecified atom stereocenters. The molecular formula is C11H15BrO3S. The lowest BCUT2D eigenvalue weighted by Crippen LogP contribution is -2.14. The number of hydrogen-bond acceptors (Lipinski definition) is 3. The van der Waals surface area contributed by atoms with Crippen molar-refractivity contribution in [1.29, 1.82) is 0 Å². The topological polar surface area (TPSA) is 54.4 Å². The molecule has 0 heterocycles. The highest BCUT2D eigenvalue weighted by Gasteiger charge is 2.17. The van der Waals surface area contributed by atoms with Crippen molar-refractivity contribution < 1.29 is 13.5 Å². The van der Waals surface area contributed by atoms with Gasteiger partial charge >= 0.3 is 0 Å². The highest BCUT2D eigenvalue weighted by Crippen LogP contribution is 2.26. The van der Waals surface area contributed by atoms with Crippen molar-refractivity contribution >= 4 is 25.8 Å². The van der Waals surface area contributed by atoms with E-state index in [-0.39, 0.29) is 5.75 Å². The van der Waals surface area contributed by atoms with E-state index in [0.29, 0.717) is 5.56 Å². The van der Waals surface area contributed by atoms with Gasteiger partial charge in [0.25, 0.3) is 0 Å². The molecular weight excluding hydrogens is 292 g/mol. The zero-order valence-electron chi connectivity index (χ0n) is 9.49. The summed E-state index contributed by atoms with van der Waals surface area (Å²) in [5.74, 6) is -0.241. The lowest BCUT2D eigenvalue weighted by Gasteiger charge is -2.14. The van der Waals surface area contributed by atoms with E-state index in [2.05, 4.69) is 15.9 Å². The fourth-order valence-corrected chi connectivity index (χ4v) is 2.75. The van der Waals surface area contributed by atoms with E-state index in [1.165, 1.54) is 0 Å². The van der Waals surface area contributed by atoms with Gasteiger partial charge in [-0.15, -0.1) is 0 Å². The molecule has 1 rings (SSSR count). The van der Waals surface area contributed by atoms with Crippen molar-refractivity contribution in [3.63, 3.8) is 0 Å². The molecule has 0 aliphatic heterocycles. The summed E-state index contributed by atoms with van der Waals surface area (Å²) < 4.78 is 23.2. The van der Waals surface area contributed by atoms with Gasteiger partial charge < -0.3 is 5.11 Å². The second-order valence-electron chi connectivity index (χ2n) is 4.07. The zero-order chi connectivity index (χ0) is 12.5. The Bertz CT molecular complexity index is 494. The molecule has 0 radical (unpaired) electrons. The van der Waals surface area contributed by atoms with Crippen molar-refractivity contribution in [2.75, 3.05) is 12.0 Å². The van der Waals surface area contributed by atoms with E-state index >= 15 is 0 Å². The Morgan fingerprint density at radius 1 is 1.31 bits per heavy atom. The van der Waals surface area contributed by atoms with Crippen molar-refractivity contribution in [2.45, 2.75) is 20.0 Å². The summed E-state index contributed by atoms with van der Waals surface area (Å²) in [4.78, 5) is 0. The Balaban J connectivity index is 3.09. The van der Waals surface area contributed by atoms with Gasteiger partial charge in [-0.3, -0.25) is 0 Å². The normalized spacial score (nSPS) is 13.8. The molecule has 0 bridgehead atoms. The Morgan fingerprint density at radius 3 is 2.38 bits per heavy atom. The van der Waals surface area contributed by atoms with Gasteiger partial charge in [-0.05, 0) is 36.6 Å². The Kier molecular flexibility index (Phi) is 4.15. The predicted octanol–water partition coefficient (Wildman–Crippen LogP) is 2.14. The smallest absolute Gasteiger partial charge is 0.150 e. The van der Waals surface area contributed by atoms with Gasteiger partial charge in [-0.2, -0.15) is 0 Å². The van der Waals surface area contributed by atoms with Gasteiger partial charge in [-0.1, -0.05) is 22.0 Å². The molecule has 0 aliphatic carbocycles. The van der Waals surface area contributed by atoms with Crippen LogP contribution < -0.4 is 0 Å². The number of aliphatic hydroxyl groups excluding tert-OH is 1. The molecule has 16 heavy (non-hydrogen) atoms. The highest BCUT2D eigenvalue weighted by atomic mass is 79.9. The molecule has 0 aliphatic rings. The maximum absolute atomic E-state index is 11.1. The summed E-state index contributed by atoms with van der Waals surface area (Å²) in [7, 11) is -3.17. The van der Waals surface area contributed by atoms with E-state index < -0.39 is 15.9 Å². The van der Waals surface area contributed by atoms with Gasteiger partial charge in [0, 0.05) is 10.7 Å². The molecule has 3 nitrogen and oxygen atoms in total. The first kappa shape index (κ1) is 13.7. The molecule has 1 aromatic rings. The fraction of sp³-hybridized carbons (Fsp3) is 0.455. The van der Waals surface area contributed by atoms with Crippen LogP contribution in [-0.4, -0.2) is 25.5 Å². The molecule has 0 saturated carbocycles. The second-order valence-corrected chi connectivity index (χ2v) is 7.11. The number of aryl methyl sites for hydroxylation is 2. The van der Waals surface area contributed by atoms with Crippen LogP contribution in [0, 0.1) is 13.8 Å². The predicted molar refractivity (Wildman–Crippen MR) is 68.3 cm³/mol. The first-order valence-electron chi connectivity index (χ1n) is 4.83. The minimum atomic E-state index is -3.17. The molecule has 1 aromatic carbocycles. The third kappa shape index (κ3) is 3.57. The Labute approximate surface area is 105 Å². The number of halogens is 1. The minimum Gasteiger partial charge on any atom is -0.387 e. The first-order chi connectivity index (χ1) is 7.20. The van der Waals surface area contributed by atoms with E-state index in [1.807, 2.05) is 26.0 Å². The maximum atomic E-state index is 11.1. The summed E-state index contributed by atoms with van der Waals surface area (Å²) in [5, 5.41) is 9.86. The summed E-state index contributed by atoms with van der Waals surface area (Å²) in [6.07, 6.45) is 0.166. The molecule has 0 fully saturated rings. The number of sulfone groups is 1. The van der Waals surface area contributed by atoms with Crippen molar-refractivity contribution in [2.24, 2.45) is 0 Å². The number of benzene rings is 1. The zero-order valence-corrected chi connectivity index (χ0v) is 11.9. The standard InChI is InChI=1S/C11H15BrO3S/c1-7-5-10(12)8(2)4-9(7)11(13)6-16(3,14)15/h4-5,11,13H,6H2,1-3H3. The fourth-order valence-electron chi connectivity index (χ4n) is 1.54. The SMILES string of the molecule is Cc1cc(C(O)CS(C)(=O)=O)c(C)cc1Br. The molecule has 0 spiro atoms. The van der Waals surface area contributed by atoms with Gasteiger partial charge in [0.2, 0.25) is 0 Å². The summed E-state index contributed by atoms with van der Waals surface area (Å²) in [5.41, 5.74) is 2.54.